The molecule has 0 amide bonds. The zero-order chi connectivity index (χ0) is 13.4. The number of para-hydroxylation sites is 1. The number of hydrogen-bond donors (Lipinski definition) is 2. The van der Waals surface area contributed by atoms with Crippen LogP contribution in [-0.4, -0.2) is 19.6 Å². The maximum Gasteiger partial charge on any atom is 0.348 e. The first-order valence-electron chi connectivity index (χ1n) is 5.30. The van der Waals surface area contributed by atoms with E-state index in [4.69, 9.17) is 22.1 Å². The van der Waals surface area contributed by atoms with Crippen LogP contribution in [0.1, 0.15) is 0 Å². The molecule has 8 heteroatoms. The van der Waals surface area contributed by atoms with Gasteiger partial charge < -0.3 is 10.5 Å². The molecule has 0 saturated carbocycles. The number of nitrogens with two attached hydrogens (primary N) is 1. The first-order valence-corrected chi connectivity index (χ1v) is 5.67. The Morgan fingerprint density at radius 1 is 1.42 bits per heavy atom. The Morgan fingerprint density at radius 3 is 3.05 bits per heavy atom. The van der Waals surface area contributed by atoms with E-state index in [1.54, 1.807) is 18.2 Å². The van der Waals surface area contributed by atoms with Crippen LogP contribution in [0.5, 0.6) is 11.6 Å². The summed E-state index contributed by atoms with van der Waals surface area (Å²) in [6, 6.07) is 6.54. The number of H-pyrrole nitrogens is 1. The molecule has 0 saturated heterocycles. The second kappa shape index (κ2) is 4.29. The number of aromatic amines is 1. The normalized spacial score (nSPS) is 10.8. The molecule has 2 aromatic heterocycles. The smallest absolute Gasteiger partial charge is 0.348 e. The Kier molecular flexibility index (Phi) is 2.60. The molecule has 3 N–H and O–H groups in total. The second-order valence-corrected chi connectivity index (χ2v) is 4.15. The number of nitrogen functional groups attached to an aromatic ring is 1. The molecule has 0 unspecified atom stereocenters. The maximum absolute atomic E-state index is 11.3. The zero-order valence-electron chi connectivity index (χ0n) is 9.50. The van der Waals surface area contributed by atoms with Gasteiger partial charge in [0.25, 0.3) is 0 Å². The minimum Gasteiger partial charge on any atom is -0.435 e. The summed E-state index contributed by atoms with van der Waals surface area (Å²) in [5, 5.41) is 6.48. The Balaban J connectivity index is 2.03. The molecule has 0 radical (unpaired) electrons. The number of nitrogens with zero attached hydrogens (tertiary/aromatic N) is 3. The van der Waals surface area contributed by atoms with Gasteiger partial charge in [0, 0.05) is 6.07 Å². The van der Waals surface area contributed by atoms with Crippen LogP contribution < -0.4 is 16.2 Å². The topological polar surface area (TPSA) is 98.3 Å². The number of rotatable bonds is 2. The first-order chi connectivity index (χ1) is 9.15. The fraction of sp³-hybridized carbons (Fsp3) is 0. The van der Waals surface area contributed by atoms with E-state index >= 15 is 0 Å². The molecule has 7 nitrogen and oxygen atoms in total. The van der Waals surface area contributed by atoms with Crippen molar-refractivity contribution in [3.05, 3.63) is 46.1 Å². The summed E-state index contributed by atoms with van der Waals surface area (Å²) >= 11 is 5.99. The molecular weight excluding hydrogens is 270 g/mol. The van der Waals surface area contributed by atoms with E-state index in [-0.39, 0.29) is 11.6 Å². The van der Waals surface area contributed by atoms with Gasteiger partial charge in [-0.3, -0.25) is 0 Å². The summed E-state index contributed by atoms with van der Waals surface area (Å²) < 4.78 is 6.77. The highest BCUT2D eigenvalue weighted by atomic mass is 35.5. The van der Waals surface area contributed by atoms with Gasteiger partial charge in [-0.15, -0.1) is 0 Å². The van der Waals surface area contributed by atoms with Crippen LogP contribution in [0.3, 0.4) is 0 Å². The summed E-state index contributed by atoms with van der Waals surface area (Å²) in [4.78, 5) is 15.3. The van der Waals surface area contributed by atoms with Gasteiger partial charge >= 0.3 is 5.69 Å². The van der Waals surface area contributed by atoms with Crippen LogP contribution in [0, 0.1) is 0 Å². The summed E-state index contributed by atoms with van der Waals surface area (Å²) in [6.07, 6.45) is 1.31. The lowest BCUT2D eigenvalue weighted by Gasteiger charge is -2.08. The van der Waals surface area contributed by atoms with Gasteiger partial charge in [0.15, 0.2) is 11.4 Å². The summed E-state index contributed by atoms with van der Waals surface area (Å²) in [6.45, 7) is 0. The van der Waals surface area contributed by atoms with Crippen LogP contribution in [-0.2, 0) is 0 Å². The molecule has 96 valence electrons. The fourth-order valence-electron chi connectivity index (χ4n) is 1.59. The third-order valence-corrected chi connectivity index (χ3v) is 2.79. The first kappa shape index (κ1) is 11.5. The fourth-order valence-corrected chi connectivity index (χ4v) is 1.81. The third-order valence-electron chi connectivity index (χ3n) is 2.49. The van der Waals surface area contributed by atoms with Crippen molar-refractivity contribution < 1.29 is 4.74 Å². The molecule has 19 heavy (non-hydrogen) atoms. The minimum atomic E-state index is -0.369. The number of benzene rings is 1. The molecule has 0 atom stereocenters. The molecule has 0 fully saturated rings. The molecule has 0 aliphatic carbocycles. The van der Waals surface area contributed by atoms with E-state index in [2.05, 4.69) is 15.2 Å². The van der Waals surface area contributed by atoms with Crippen molar-refractivity contribution in [2.24, 2.45) is 0 Å². The van der Waals surface area contributed by atoms with Gasteiger partial charge in [-0.1, -0.05) is 17.7 Å². The standard InChI is InChI=1S/C11H8ClN5O2/c12-6-2-1-3-7(13)10(6)19-9-4-8-15-16-11(18)17(8)5-14-9/h1-5H,13H2,(H,16,18). The van der Waals surface area contributed by atoms with Crippen LogP contribution in [0.25, 0.3) is 5.65 Å². The molecule has 0 spiro atoms. The number of ether oxygens (including phenoxy) is 1. The molecule has 0 bridgehead atoms. The number of anilines is 1. The number of nitrogens with one attached hydrogen (secondary N) is 1. The number of fused-ring (bicyclic) bond motifs is 1. The van der Waals surface area contributed by atoms with E-state index in [0.717, 1.165) is 0 Å². The van der Waals surface area contributed by atoms with Crippen molar-refractivity contribution in [3.8, 4) is 11.6 Å². The number of halogens is 1. The van der Waals surface area contributed by atoms with Gasteiger partial charge in [0.05, 0.1) is 10.7 Å². The van der Waals surface area contributed by atoms with Gasteiger partial charge in [-0.25, -0.2) is 19.3 Å². The van der Waals surface area contributed by atoms with E-state index in [1.165, 1.54) is 16.8 Å². The number of hydrogen-bond acceptors (Lipinski definition) is 5. The van der Waals surface area contributed by atoms with Crippen molar-refractivity contribution in [2.45, 2.75) is 0 Å². The maximum atomic E-state index is 11.3. The minimum absolute atomic E-state index is 0.242. The zero-order valence-corrected chi connectivity index (χ0v) is 10.3. The van der Waals surface area contributed by atoms with Gasteiger partial charge in [-0.05, 0) is 12.1 Å². The van der Waals surface area contributed by atoms with Crippen molar-refractivity contribution >= 4 is 22.9 Å². The molecule has 0 aliphatic rings. The van der Waals surface area contributed by atoms with E-state index in [1.807, 2.05) is 0 Å². The summed E-state index contributed by atoms with van der Waals surface area (Å²) in [5.41, 5.74) is 6.19. The van der Waals surface area contributed by atoms with Gasteiger partial charge in [0.2, 0.25) is 5.88 Å². The summed E-state index contributed by atoms with van der Waals surface area (Å²) in [5.74, 6) is 0.560. The Hall–Kier alpha value is -2.54. The largest absolute Gasteiger partial charge is 0.435 e. The van der Waals surface area contributed by atoms with Gasteiger partial charge in [-0.2, -0.15) is 5.10 Å². The van der Waals surface area contributed by atoms with E-state index in [0.29, 0.717) is 22.1 Å². The van der Waals surface area contributed by atoms with Crippen molar-refractivity contribution in [1.29, 1.82) is 0 Å². The monoisotopic (exact) mass is 277 g/mol. The lowest BCUT2D eigenvalue weighted by molar-refractivity contribution is 0.464. The molecule has 2 heterocycles. The van der Waals surface area contributed by atoms with Crippen LogP contribution in [0.4, 0.5) is 5.69 Å². The quantitative estimate of drug-likeness (QED) is 0.691. The highest BCUT2D eigenvalue weighted by Crippen LogP contribution is 2.33. The van der Waals surface area contributed by atoms with Crippen LogP contribution in [0.15, 0.2) is 35.4 Å². The number of aromatic nitrogens is 4. The Bertz CT molecular complexity index is 790. The van der Waals surface area contributed by atoms with Gasteiger partial charge in [0.1, 0.15) is 6.33 Å². The Labute approximate surface area is 111 Å². The van der Waals surface area contributed by atoms with E-state index < -0.39 is 0 Å². The summed E-state index contributed by atoms with van der Waals surface area (Å²) in [7, 11) is 0. The van der Waals surface area contributed by atoms with Crippen molar-refractivity contribution in [2.75, 3.05) is 5.73 Å². The third kappa shape index (κ3) is 2.00. The van der Waals surface area contributed by atoms with Crippen molar-refractivity contribution in [1.82, 2.24) is 19.6 Å². The molecule has 3 rings (SSSR count). The Morgan fingerprint density at radius 2 is 2.26 bits per heavy atom. The van der Waals surface area contributed by atoms with Crippen LogP contribution >= 0.6 is 11.6 Å². The van der Waals surface area contributed by atoms with Crippen LogP contribution in [0.2, 0.25) is 5.02 Å². The van der Waals surface area contributed by atoms with Crippen molar-refractivity contribution in [3.63, 3.8) is 0 Å². The second-order valence-electron chi connectivity index (χ2n) is 3.74. The molecule has 3 aromatic rings. The highest BCUT2D eigenvalue weighted by molar-refractivity contribution is 6.32. The molecule has 0 aliphatic heterocycles. The molecule has 1 aromatic carbocycles. The predicted molar refractivity (Wildman–Crippen MR) is 69.5 cm³/mol. The predicted octanol–water partition coefficient (Wildman–Crippen LogP) is 1.45. The lowest BCUT2D eigenvalue weighted by atomic mass is 10.3. The molecular formula is C11H8ClN5O2. The SMILES string of the molecule is Nc1cccc(Cl)c1Oc1cc2n[nH]c(=O)n2cn1. The average Bonchev–Trinajstić information content (AvgIpc) is 2.76. The highest BCUT2D eigenvalue weighted by Gasteiger charge is 2.09. The average molecular weight is 278 g/mol. The lowest BCUT2D eigenvalue weighted by Crippen LogP contribution is -2.09. The van der Waals surface area contributed by atoms with E-state index in [9.17, 15) is 4.79 Å².